The average molecular weight is 482 g/mol. The van der Waals surface area contributed by atoms with E-state index in [1.165, 1.54) is 20.1 Å². The Morgan fingerprint density at radius 1 is 1.06 bits per heavy atom. The molecule has 2 aromatic carbocycles. The van der Waals surface area contributed by atoms with E-state index in [-0.39, 0.29) is 11.3 Å². The van der Waals surface area contributed by atoms with Crippen LogP contribution in [-0.2, 0) is 4.79 Å². The van der Waals surface area contributed by atoms with Gasteiger partial charge in [-0.3, -0.25) is 9.78 Å². The molecule has 0 amide bonds. The Kier molecular flexibility index (Phi) is 5.40. The van der Waals surface area contributed by atoms with Crippen LogP contribution in [0.15, 0.2) is 48.3 Å². The minimum atomic E-state index is -1.05. The second-order valence-corrected chi connectivity index (χ2v) is 8.55. The fourth-order valence-electron chi connectivity index (χ4n) is 4.73. The highest BCUT2D eigenvalue weighted by Crippen LogP contribution is 2.40. The molecule has 4 N–H and O–H groups in total. The minimum absolute atomic E-state index is 0.113. The van der Waals surface area contributed by atoms with E-state index in [2.05, 4.69) is 15.0 Å². The molecule has 0 radical (unpaired) electrons. The topological polar surface area (TPSA) is 144 Å². The van der Waals surface area contributed by atoms with Crippen molar-refractivity contribution in [3.05, 3.63) is 65.2 Å². The van der Waals surface area contributed by atoms with E-state index in [1.54, 1.807) is 32.2 Å². The number of aromatic amines is 1. The summed E-state index contributed by atoms with van der Waals surface area (Å²) in [4.78, 5) is 41.2. The van der Waals surface area contributed by atoms with E-state index in [4.69, 9.17) is 15.5 Å². The van der Waals surface area contributed by atoms with Crippen LogP contribution >= 0.6 is 0 Å². The number of nitrogens with one attached hydrogen (secondary N) is 1. The summed E-state index contributed by atoms with van der Waals surface area (Å²) in [5, 5.41) is 11.8. The highest BCUT2D eigenvalue weighted by molar-refractivity contribution is 6.23. The summed E-state index contributed by atoms with van der Waals surface area (Å²) in [6.45, 7) is 4.94. The van der Waals surface area contributed by atoms with Gasteiger partial charge in [-0.15, -0.1) is 0 Å². The van der Waals surface area contributed by atoms with Crippen LogP contribution in [0, 0.1) is 6.92 Å². The summed E-state index contributed by atoms with van der Waals surface area (Å²) < 4.78 is 5.66. The SMILES string of the molecule is COc1cc2c(cc1C(C(C)=O)=C(C)N)[nH]c1nc(C)nc(-c3ccc(C(=O)O)c4ncccc34)c12. The number of carbonyl (C=O) groups is 2. The Labute approximate surface area is 205 Å². The summed E-state index contributed by atoms with van der Waals surface area (Å²) in [6.07, 6.45) is 1.57. The molecule has 180 valence electrons. The molecule has 0 fully saturated rings. The van der Waals surface area contributed by atoms with Gasteiger partial charge in [-0.25, -0.2) is 14.8 Å². The number of ether oxygens (including phenoxy) is 1. The maximum absolute atomic E-state index is 12.4. The molecule has 0 atom stereocenters. The van der Waals surface area contributed by atoms with Crippen LogP contribution in [0.4, 0.5) is 0 Å². The first-order valence-electron chi connectivity index (χ1n) is 11.2. The Hall–Kier alpha value is -4.79. The monoisotopic (exact) mass is 481 g/mol. The molecule has 5 aromatic rings. The lowest BCUT2D eigenvalue weighted by Crippen LogP contribution is -2.06. The van der Waals surface area contributed by atoms with Gasteiger partial charge >= 0.3 is 5.97 Å². The molecule has 3 heterocycles. The molecule has 0 bridgehead atoms. The molecule has 3 aromatic heterocycles. The number of ketones is 1. The van der Waals surface area contributed by atoms with Crippen LogP contribution in [-0.4, -0.2) is 43.9 Å². The van der Waals surface area contributed by atoms with Crippen molar-refractivity contribution in [2.45, 2.75) is 20.8 Å². The zero-order valence-electron chi connectivity index (χ0n) is 20.1. The van der Waals surface area contributed by atoms with Crippen LogP contribution in [0.1, 0.15) is 35.6 Å². The van der Waals surface area contributed by atoms with Crippen LogP contribution in [0.2, 0.25) is 0 Å². The normalized spacial score (nSPS) is 12.2. The molecule has 36 heavy (non-hydrogen) atoms. The Morgan fingerprint density at radius 3 is 2.50 bits per heavy atom. The number of H-pyrrole nitrogens is 1. The predicted octanol–water partition coefficient (Wildman–Crippen LogP) is 4.62. The zero-order chi connectivity index (χ0) is 25.7. The number of hydrogen-bond donors (Lipinski definition) is 3. The van der Waals surface area contributed by atoms with Crippen molar-refractivity contribution in [1.82, 2.24) is 19.9 Å². The van der Waals surface area contributed by atoms with Crippen molar-refractivity contribution in [3.63, 3.8) is 0 Å². The summed E-state index contributed by atoms with van der Waals surface area (Å²) in [5.41, 5.74) is 10.6. The second kappa shape index (κ2) is 8.46. The third-order valence-corrected chi connectivity index (χ3v) is 6.15. The maximum atomic E-state index is 12.4. The zero-order valence-corrected chi connectivity index (χ0v) is 20.1. The molecule has 0 aliphatic rings. The van der Waals surface area contributed by atoms with Crippen LogP contribution < -0.4 is 10.5 Å². The number of nitrogens with two attached hydrogens (primary N) is 1. The third kappa shape index (κ3) is 3.52. The summed E-state index contributed by atoms with van der Waals surface area (Å²) in [6, 6.07) is 10.5. The van der Waals surface area contributed by atoms with Crippen molar-refractivity contribution in [3.8, 4) is 17.0 Å². The van der Waals surface area contributed by atoms with Crippen molar-refractivity contribution >= 4 is 50.2 Å². The number of carboxylic acid groups (broad SMARTS) is 1. The summed E-state index contributed by atoms with van der Waals surface area (Å²) >= 11 is 0. The Balaban J connectivity index is 1.89. The standard InChI is InChI=1S/C27H23N5O4/c1-12(28)22(13(2)33)19-10-20-18(11-21(19)36-4)23-25(30-14(3)31-26(23)32-20)16-7-8-17(27(34)35)24-15(16)6-5-9-29-24/h5-11H,28H2,1-4H3,(H,34,35)(H,30,31,32). The molecular formula is C27H23N5O4. The van der Waals surface area contributed by atoms with Crippen molar-refractivity contribution in [2.24, 2.45) is 5.73 Å². The molecule has 0 aliphatic heterocycles. The number of allylic oxidation sites excluding steroid dienone is 2. The van der Waals surface area contributed by atoms with E-state index < -0.39 is 5.97 Å². The van der Waals surface area contributed by atoms with Crippen molar-refractivity contribution < 1.29 is 19.4 Å². The molecule has 0 aliphatic carbocycles. The molecule has 0 saturated heterocycles. The van der Waals surface area contributed by atoms with Gasteiger partial charge in [0.2, 0.25) is 0 Å². The Morgan fingerprint density at radius 2 is 1.83 bits per heavy atom. The van der Waals surface area contributed by atoms with E-state index in [1.807, 2.05) is 18.2 Å². The quantitative estimate of drug-likeness (QED) is 0.308. The lowest BCUT2D eigenvalue weighted by atomic mass is 9.96. The number of pyridine rings is 1. The fourth-order valence-corrected chi connectivity index (χ4v) is 4.73. The molecule has 0 saturated carbocycles. The number of aromatic nitrogens is 4. The molecule has 0 unspecified atom stereocenters. The molecular weight excluding hydrogens is 458 g/mol. The molecule has 5 rings (SSSR count). The van der Waals surface area contributed by atoms with E-state index in [9.17, 15) is 14.7 Å². The van der Waals surface area contributed by atoms with Crippen LogP contribution in [0.5, 0.6) is 5.75 Å². The number of aryl methyl sites for hydroxylation is 1. The summed E-state index contributed by atoms with van der Waals surface area (Å²) in [5.74, 6) is -0.198. The lowest BCUT2D eigenvalue weighted by Gasteiger charge is -2.13. The number of carbonyl (C=O) groups excluding carboxylic acids is 1. The van der Waals surface area contributed by atoms with Gasteiger partial charge in [0.05, 0.1) is 29.3 Å². The third-order valence-electron chi connectivity index (χ3n) is 6.15. The van der Waals surface area contributed by atoms with Gasteiger partial charge in [-0.2, -0.15) is 0 Å². The van der Waals surface area contributed by atoms with Gasteiger partial charge in [-0.05, 0) is 45.0 Å². The van der Waals surface area contributed by atoms with Gasteiger partial charge in [0.25, 0.3) is 0 Å². The number of aromatic carboxylic acids is 1. The number of methoxy groups -OCH3 is 1. The highest BCUT2D eigenvalue weighted by Gasteiger charge is 2.22. The first kappa shape index (κ1) is 23.0. The number of carboxylic acids is 1. The van der Waals surface area contributed by atoms with Gasteiger partial charge in [0.1, 0.15) is 17.2 Å². The van der Waals surface area contributed by atoms with Crippen molar-refractivity contribution in [2.75, 3.05) is 7.11 Å². The number of benzene rings is 2. The van der Waals surface area contributed by atoms with Crippen molar-refractivity contribution in [1.29, 1.82) is 0 Å². The number of Topliss-reactive ketones (excluding diaryl/α,β-unsaturated/α-hetero) is 1. The number of fused-ring (bicyclic) bond motifs is 4. The van der Waals surface area contributed by atoms with Gasteiger partial charge in [0.15, 0.2) is 5.78 Å². The largest absolute Gasteiger partial charge is 0.496 e. The van der Waals surface area contributed by atoms with Gasteiger partial charge < -0.3 is 20.6 Å². The average Bonchev–Trinajstić information content (AvgIpc) is 3.18. The minimum Gasteiger partial charge on any atom is -0.496 e. The maximum Gasteiger partial charge on any atom is 0.337 e. The van der Waals surface area contributed by atoms with E-state index in [0.29, 0.717) is 50.7 Å². The first-order valence-corrected chi connectivity index (χ1v) is 11.2. The molecule has 0 spiro atoms. The van der Waals surface area contributed by atoms with Gasteiger partial charge in [-0.1, -0.05) is 12.1 Å². The smallest absolute Gasteiger partial charge is 0.337 e. The summed E-state index contributed by atoms with van der Waals surface area (Å²) in [7, 11) is 1.54. The Bertz CT molecular complexity index is 1760. The van der Waals surface area contributed by atoms with Crippen LogP contribution in [0.3, 0.4) is 0 Å². The van der Waals surface area contributed by atoms with Crippen LogP contribution in [0.25, 0.3) is 49.7 Å². The highest BCUT2D eigenvalue weighted by atomic mass is 16.5. The molecule has 9 nitrogen and oxygen atoms in total. The van der Waals surface area contributed by atoms with E-state index in [0.717, 1.165) is 21.9 Å². The predicted molar refractivity (Wildman–Crippen MR) is 138 cm³/mol. The van der Waals surface area contributed by atoms with Gasteiger partial charge in [0, 0.05) is 44.9 Å². The van der Waals surface area contributed by atoms with E-state index >= 15 is 0 Å². The lowest BCUT2D eigenvalue weighted by molar-refractivity contribution is -0.111. The molecule has 9 heteroatoms. The fraction of sp³-hybridized carbons (Fsp3) is 0.148. The second-order valence-electron chi connectivity index (χ2n) is 8.55. The number of nitrogens with zero attached hydrogens (tertiary/aromatic N) is 3. The first-order chi connectivity index (χ1) is 17.2. The number of hydrogen-bond acceptors (Lipinski definition) is 7. The number of rotatable bonds is 5.